The van der Waals surface area contributed by atoms with Gasteiger partial charge < -0.3 is 10.2 Å². The number of nitrogens with zero attached hydrogens (tertiary/aromatic N) is 3. The van der Waals surface area contributed by atoms with Crippen LogP contribution < -0.4 is 5.32 Å². The molecule has 2 saturated heterocycles. The topological polar surface area (TPSA) is 65.5 Å². The van der Waals surface area contributed by atoms with E-state index in [1.165, 1.54) is 0 Å². The molecule has 3 rings (SSSR count). The van der Waals surface area contributed by atoms with Gasteiger partial charge in [-0.25, -0.2) is 0 Å². The molecule has 2 fully saturated rings. The van der Waals surface area contributed by atoms with E-state index in [1.54, 1.807) is 19.3 Å². The van der Waals surface area contributed by atoms with Crippen LogP contribution in [-0.2, 0) is 16.1 Å². The number of carbonyl (C=O) groups excluding carboxylic acids is 2. The van der Waals surface area contributed by atoms with Crippen molar-refractivity contribution in [1.82, 2.24) is 20.1 Å². The van der Waals surface area contributed by atoms with Crippen molar-refractivity contribution in [2.45, 2.75) is 45.2 Å². The lowest BCUT2D eigenvalue weighted by Crippen LogP contribution is -2.51. The van der Waals surface area contributed by atoms with Gasteiger partial charge in [0.15, 0.2) is 0 Å². The van der Waals surface area contributed by atoms with Gasteiger partial charge in [-0.3, -0.25) is 19.5 Å². The average molecular weight is 344 g/mol. The van der Waals surface area contributed by atoms with Crippen LogP contribution in [0.5, 0.6) is 0 Å². The zero-order valence-corrected chi connectivity index (χ0v) is 15.0. The van der Waals surface area contributed by atoms with Crippen LogP contribution in [0.1, 0.15) is 38.2 Å². The largest absolute Gasteiger partial charge is 0.352 e. The first-order valence-electron chi connectivity index (χ1n) is 9.29. The fraction of sp³-hybridized carbons (Fsp3) is 0.632. The standard InChI is InChI=1S/C19H28N4O2/c1-15(24)22-10-6-18(7-11-22)23-9-3-5-17(14-23)19(25)21-13-16-4-2-8-20-12-16/h2,4,8,12,17-18H,3,5-7,9-11,13-14H2,1H3,(H,21,25)/t17-/m1/s1. The van der Waals surface area contributed by atoms with Crippen LogP contribution in [0.4, 0.5) is 0 Å². The fourth-order valence-corrected chi connectivity index (χ4v) is 3.93. The molecule has 0 saturated carbocycles. The molecule has 0 aliphatic carbocycles. The number of amides is 2. The molecule has 3 heterocycles. The lowest BCUT2D eigenvalue weighted by molar-refractivity contribution is -0.130. The molecule has 0 radical (unpaired) electrons. The van der Waals surface area contributed by atoms with Gasteiger partial charge in [0.05, 0.1) is 5.92 Å². The van der Waals surface area contributed by atoms with Gasteiger partial charge in [-0.05, 0) is 43.9 Å². The van der Waals surface area contributed by atoms with Crippen molar-refractivity contribution in [3.63, 3.8) is 0 Å². The van der Waals surface area contributed by atoms with Gasteiger partial charge in [0.25, 0.3) is 0 Å². The molecule has 0 spiro atoms. The number of rotatable bonds is 4. The van der Waals surface area contributed by atoms with E-state index in [-0.39, 0.29) is 17.7 Å². The summed E-state index contributed by atoms with van der Waals surface area (Å²) in [4.78, 5) is 32.5. The average Bonchev–Trinajstić information content (AvgIpc) is 2.67. The second-order valence-electron chi connectivity index (χ2n) is 7.15. The van der Waals surface area contributed by atoms with Gasteiger partial charge in [0, 0.05) is 51.5 Å². The summed E-state index contributed by atoms with van der Waals surface area (Å²) in [6, 6.07) is 4.37. The maximum Gasteiger partial charge on any atom is 0.224 e. The van der Waals surface area contributed by atoms with Crippen molar-refractivity contribution < 1.29 is 9.59 Å². The summed E-state index contributed by atoms with van der Waals surface area (Å²) in [7, 11) is 0. The van der Waals surface area contributed by atoms with Gasteiger partial charge in [0.2, 0.25) is 11.8 Å². The molecule has 136 valence electrons. The molecular weight excluding hydrogens is 316 g/mol. The molecule has 1 aromatic rings. The SMILES string of the molecule is CC(=O)N1CCC(N2CCC[C@@H](C(=O)NCc3cccnc3)C2)CC1. The number of pyridine rings is 1. The summed E-state index contributed by atoms with van der Waals surface area (Å²) in [5.41, 5.74) is 1.03. The summed E-state index contributed by atoms with van der Waals surface area (Å²) in [6.07, 6.45) is 7.59. The minimum Gasteiger partial charge on any atom is -0.352 e. The molecule has 0 bridgehead atoms. The molecule has 2 amide bonds. The van der Waals surface area contributed by atoms with Crippen LogP contribution in [0.25, 0.3) is 0 Å². The number of likely N-dealkylation sites (tertiary alicyclic amines) is 2. The van der Waals surface area contributed by atoms with Crippen molar-refractivity contribution in [1.29, 1.82) is 0 Å². The second kappa shape index (κ2) is 8.43. The van der Waals surface area contributed by atoms with Crippen molar-refractivity contribution in [2.75, 3.05) is 26.2 Å². The molecule has 0 aromatic carbocycles. The van der Waals surface area contributed by atoms with Gasteiger partial charge in [-0.15, -0.1) is 0 Å². The molecule has 6 nitrogen and oxygen atoms in total. The van der Waals surface area contributed by atoms with E-state index in [9.17, 15) is 9.59 Å². The minimum absolute atomic E-state index is 0.0660. The summed E-state index contributed by atoms with van der Waals surface area (Å²) < 4.78 is 0. The predicted octanol–water partition coefficient (Wildman–Crippen LogP) is 1.42. The van der Waals surface area contributed by atoms with Crippen LogP contribution in [0.2, 0.25) is 0 Å². The maximum absolute atomic E-state index is 12.5. The number of piperidine rings is 2. The molecule has 2 aliphatic heterocycles. The van der Waals surface area contributed by atoms with E-state index in [4.69, 9.17) is 0 Å². The molecular formula is C19H28N4O2. The number of carbonyl (C=O) groups is 2. The van der Waals surface area contributed by atoms with Crippen molar-refractivity contribution in [3.8, 4) is 0 Å². The van der Waals surface area contributed by atoms with Gasteiger partial charge in [-0.1, -0.05) is 6.07 Å². The third-order valence-corrected chi connectivity index (χ3v) is 5.44. The highest BCUT2D eigenvalue weighted by Crippen LogP contribution is 2.24. The van der Waals surface area contributed by atoms with Crippen molar-refractivity contribution in [2.24, 2.45) is 5.92 Å². The Labute approximate surface area is 149 Å². The normalized spacial score (nSPS) is 22.6. The number of hydrogen-bond donors (Lipinski definition) is 1. The first-order chi connectivity index (χ1) is 12.1. The lowest BCUT2D eigenvalue weighted by atomic mass is 9.93. The summed E-state index contributed by atoms with van der Waals surface area (Å²) in [6.45, 7) is 5.77. The maximum atomic E-state index is 12.5. The number of hydrogen-bond acceptors (Lipinski definition) is 4. The molecule has 1 N–H and O–H groups in total. The third kappa shape index (κ3) is 4.78. The van der Waals surface area contributed by atoms with Gasteiger partial charge >= 0.3 is 0 Å². The van der Waals surface area contributed by atoms with E-state index in [1.807, 2.05) is 17.0 Å². The summed E-state index contributed by atoms with van der Waals surface area (Å²) in [5, 5.41) is 3.06. The Bertz CT molecular complexity index is 584. The van der Waals surface area contributed by atoms with Crippen LogP contribution in [-0.4, -0.2) is 58.8 Å². The van der Waals surface area contributed by atoms with Crippen LogP contribution in [0, 0.1) is 5.92 Å². The van der Waals surface area contributed by atoms with E-state index >= 15 is 0 Å². The molecule has 1 atom stereocenters. The Morgan fingerprint density at radius 2 is 2.04 bits per heavy atom. The predicted molar refractivity (Wildman–Crippen MR) is 95.7 cm³/mol. The zero-order valence-electron chi connectivity index (χ0n) is 15.0. The van der Waals surface area contributed by atoms with Crippen LogP contribution in [0.3, 0.4) is 0 Å². The summed E-state index contributed by atoms with van der Waals surface area (Å²) in [5.74, 6) is 0.385. The molecule has 25 heavy (non-hydrogen) atoms. The van der Waals surface area contributed by atoms with Crippen LogP contribution >= 0.6 is 0 Å². The Kier molecular flexibility index (Phi) is 6.02. The Morgan fingerprint density at radius 3 is 2.72 bits per heavy atom. The lowest BCUT2D eigenvalue weighted by Gasteiger charge is -2.41. The van der Waals surface area contributed by atoms with Crippen molar-refractivity contribution >= 4 is 11.8 Å². The summed E-state index contributed by atoms with van der Waals surface area (Å²) >= 11 is 0. The van der Waals surface area contributed by atoms with E-state index in [2.05, 4.69) is 15.2 Å². The Morgan fingerprint density at radius 1 is 1.24 bits per heavy atom. The molecule has 1 aromatic heterocycles. The fourth-order valence-electron chi connectivity index (χ4n) is 3.93. The number of aromatic nitrogens is 1. The highest BCUT2D eigenvalue weighted by atomic mass is 16.2. The molecule has 2 aliphatic rings. The number of nitrogens with one attached hydrogen (secondary N) is 1. The minimum atomic E-state index is 0.0660. The zero-order chi connectivity index (χ0) is 17.6. The molecule has 0 unspecified atom stereocenters. The van der Waals surface area contributed by atoms with Crippen LogP contribution in [0.15, 0.2) is 24.5 Å². The van der Waals surface area contributed by atoms with Gasteiger partial charge in [0.1, 0.15) is 0 Å². The van der Waals surface area contributed by atoms with E-state index in [0.29, 0.717) is 12.6 Å². The first kappa shape index (κ1) is 17.9. The highest BCUT2D eigenvalue weighted by molar-refractivity contribution is 5.79. The van der Waals surface area contributed by atoms with E-state index in [0.717, 1.165) is 57.4 Å². The first-order valence-corrected chi connectivity index (χ1v) is 9.29. The highest BCUT2D eigenvalue weighted by Gasteiger charge is 2.31. The van der Waals surface area contributed by atoms with Gasteiger partial charge in [-0.2, -0.15) is 0 Å². The smallest absolute Gasteiger partial charge is 0.224 e. The Hall–Kier alpha value is -1.95. The van der Waals surface area contributed by atoms with Crippen molar-refractivity contribution in [3.05, 3.63) is 30.1 Å². The Balaban J connectivity index is 1.47. The quantitative estimate of drug-likeness (QED) is 0.897. The molecule has 6 heteroatoms. The van der Waals surface area contributed by atoms with E-state index < -0.39 is 0 Å². The third-order valence-electron chi connectivity index (χ3n) is 5.44. The monoisotopic (exact) mass is 344 g/mol. The second-order valence-corrected chi connectivity index (χ2v) is 7.15.